The lowest BCUT2D eigenvalue weighted by Gasteiger charge is -2.02. The highest BCUT2D eigenvalue weighted by Gasteiger charge is 2.26. The SMILES string of the molecule is CC=CO[C@@H]1CCOC1=O. The molecular formula is C7H10O3. The predicted octanol–water partition coefficient (Wildman–Crippen LogP) is 0.852. The quantitative estimate of drug-likeness (QED) is 0.423. The van der Waals surface area contributed by atoms with Crippen molar-refractivity contribution in [2.24, 2.45) is 0 Å². The zero-order valence-electron chi connectivity index (χ0n) is 5.87. The van der Waals surface area contributed by atoms with Crippen LogP contribution in [0.2, 0.25) is 0 Å². The summed E-state index contributed by atoms with van der Waals surface area (Å²) in [5, 5.41) is 0. The van der Waals surface area contributed by atoms with Gasteiger partial charge in [0.05, 0.1) is 12.9 Å². The minimum atomic E-state index is -0.365. The van der Waals surface area contributed by atoms with E-state index in [1.807, 2.05) is 6.92 Å². The van der Waals surface area contributed by atoms with Gasteiger partial charge in [0.25, 0.3) is 0 Å². The van der Waals surface area contributed by atoms with Crippen molar-refractivity contribution in [3.05, 3.63) is 12.3 Å². The summed E-state index contributed by atoms with van der Waals surface area (Å²) in [6, 6.07) is 0. The number of cyclic esters (lactones) is 1. The third kappa shape index (κ3) is 1.50. The molecule has 0 unspecified atom stereocenters. The number of carbonyl (C=O) groups excluding carboxylic acids is 1. The maximum absolute atomic E-state index is 10.7. The highest BCUT2D eigenvalue weighted by molar-refractivity contribution is 5.76. The zero-order valence-corrected chi connectivity index (χ0v) is 5.87. The molecule has 0 aromatic rings. The van der Waals surface area contributed by atoms with E-state index in [1.165, 1.54) is 6.26 Å². The summed E-state index contributed by atoms with van der Waals surface area (Å²) in [5.74, 6) is -0.252. The van der Waals surface area contributed by atoms with Crippen molar-refractivity contribution < 1.29 is 14.3 Å². The lowest BCUT2D eigenvalue weighted by Crippen LogP contribution is -2.15. The molecule has 1 aliphatic rings. The number of hydrogen-bond donors (Lipinski definition) is 0. The molecule has 1 atom stereocenters. The maximum atomic E-state index is 10.7. The molecule has 0 bridgehead atoms. The van der Waals surface area contributed by atoms with Crippen molar-refractivity contribution >= 4 is 5.97 Å². The molecule has 0 aromatic carbocycles. The van der Waals surface area contributed by atoms with Gasteiger partial charge in [0, 0.05) is 6.42 Å². The Balaban J connectivity index is 2.33. The largest absolute Gasteiger partial charge is 0.487 e. The van der Waals surface area contributed by atoms with Gasteiger partial charge in [-0.05, 0) is 6.92 Å². The smallest absolute Gasteiger partial charge is 0.347 e. The van der Waals surface area contributed by atoms with Gasteiger partial charge in [0.2, 0.25) is 0 Å². The average molecular weight is 142 g/mol. The molecule has 1 fully saturated rings. The molecule has 1 aliphatic heterocycles. The fourth-order valence-corrected chi connectivity index (χ4v) is 0.774. The molecule has 3 heteroatoms. The molecule has 1 heterocycles. The zero-order chi connectivity index (χ0) is 7.40. The molecule has 0 radical (unpaired) electrons. The first kappa shape index (κ1) is 7.12. The van der Waals surface area contributed by atoms with E-state index in [0.717, 1.165) is 0 Å². The van der Waals surface area contributed by atoms with E-state index in [9.17, 15) is 4.79 Å². The van der Waals surface area contributed by atoms with Crippen molar-refractivity contribution in [1.29, 1.82) is 0 Å². The first-order valence-corrected chi connectivity index (χ1v) is 3.28. The number of hydrogen-bond acceptors (Lipinski definition) is 3. The van der Waals surface area contributed by atoms with Gasteiger partial charge in [0.1, 0.15) is 0 Å². The Morgan fingerprint density at radius 1 is 1.80 bits per heavy atom. The lowest BCUT2D eigenvalue weighted by atomic mass is 10.3. The predicted molar refractivity (Wildman–Crippen MR) is 35.3 cm³/mol. The van der Waals surface area contributed by atoms with E-state index in [4.69, 9.17) is 4.74 Å². The second-order valence-electron chi connectivity index (χ2n) is 2.05. The summed E-state index contributed by atoms with van der Waals surface area (Å²) in [7, 11) is 0. The van der Waals surface area contributed by atoms with E-state index in [2.05, 4.69) is 4.74 Å². The minimum absolute atomic E-state index is 0.252. The van der Waals surface area contributed by atoms with Crippen LogP contribution in [0.5, 0.6) is 0 Å². The molecule has 10 heavy (non-hydrogen) atoms. The Morgan fingerprint density at radius 3 is 3.10 bits per heavy atom. The van der Waals surface area contributed by atoms with Gasteiger partial charge >= 0.3 is 5.97 Å². The summed E-state index contributed by atoms with van der Waals surface area (Å²) in [6.07, 6.45) is 3.56. The normalized spacial score (nSPS) is 25.3. The highest BCUT2D eigenvalue weighted by Crippen LogP contribution is 2.09. The molecule has 1 saturated heterocycles. The maximum Gasteiger partial charge on any atom is 0.347 e. The fourth-order valence-electron chi connectivity index (χ4n) is 0.774. The van der Waals surface area contributed by atoms with Crippen LogP contribution in [0, 0.1) is 0 Å². The summed E-state index contributed by atoms with van der Waals surface area (Å²) < 4.78 is 9.67. The van der Waals surface area contributed by atoms with E-state index >= 15 is 0 Å². The number of esters is 1. The Kier molecular flexibility index (Phi) is 2.31. The van der Waals surface area contributed by atoms with E-state index in [0.29, 0.717) is 13.0 Å². The lowest BCUT2D eigenvalue weighted by molar-refractivity contribution is -0.144. The third-order valence-electron chi connectivity index (χ3n) is 1.27. The fraction of sp³-hybridized carbons (Fsp3) is 0.571. The van der Waals surface area contributed by atoms with Crippen molar-refractivity contribution in [3.63, 3.8) is 0 Å². The molecule has 56 valence electrons. The van der Waals surface area contributed by atoms with Crippen molar-refractivity contribution in [2.45, 2.75) is 19.4 Å². The molecule has 0 N–H and O–H groups in total. The van der Waals surface area contributed by atoms with Crippen LogP contribution in [0.3, 0.4) is 0 Å². The summed E-state index contributed by atoms with van der Waals surface area (Å²) >= 11 is 0. The van der Waals surface area contributed by atoms with Crippen LogP contribution in [-0.4, -0.2) is 18.7 Å². The van der Waals surface area contributed by atoms with Gasteiger partial charge in [-0.25, -0.2) is 4.79 Å². The van der Waals surface area contributed by atoms with Gasteiger partial charge in [0.15, 0.2) is 6.10 Å². The first-order valence-electron chi connectivity index (χ1n) is 3.28. The standard InChI is InChI=1S/C7H10O3/c1-2-4-9-6-3-5-10-7(6)8/h2,4,6H,3,5H2,1H3/t6-/m1/s1. The summed E-state index contributed by atoms with van der Waals surface area (Å²) in [6.45, 7) is 2.32. The van der Waals surface area contributed by atoms with Crippen LogP contribution in [0.4, 0.5) is 0 Å². The Morgan fingerprint density at radius 2 is 2.60 bits per heavy atom. The van der Waals surface area contributed by atoms with E-state index < -0.39 is 0 Å². The number of carbonyl (C=O) groups is 1. The second kappa shape index (κ2) is 3.25. The van der Waals surface area contributed by atoms with Gasteiger partial charge in [-0.15, -0.1) is 0 Å². The Hall–Kier alpha value is -0.990. The van der Waals surface area contributed by atoms with Crippen LogP contribution in [0.15, 0.2) is 12.3 Å². The van der Waals surface area contributed by atoms with Crippen LogP contribution in [0.1, 0.15) is 13.3 Å². The van der Waals surface area contributed by atoms with Gasteiger partial charge in [-0.3, -0.25) is 0 Å². The molecule has 0 amide bonds. The monoisotopic (exact) mass is 142 g/mol. The average Bonchev–Trinajstić information content (AvgIpc) is 2.31. The van der Waals surface area contributed by atoms with E-state index in [-0.39, 0.29) is 12.1 Å². The highest BCUT2D eigenvalue weighted by atomic mass is 16.6. The molecule has 0 spiro atoms. The Labute approximate surface area is 59.6 Å². The number of ether oxygens (including phenoxy) is 2. The molecule has 0 aromatic heterocycles. The van der Waals surface area contributed by atoms with Gasteiger partial charge in [-0.1, -0.05) is 6.08 Å². The van der Waals surface area contributed by atoms with Crippen LogP contribution < -0.4 is 0 Å². The summed E-state index contributed by atoms with van der Waals surface area (Å²) in [5.41, 5.74) is 0. The number of rotatable bonds is 2. The van der Waals surface area contributed by atoms with Gasteiger partial charge in [-0.2, -0.15) is 0 Å². The van der Waals surface area contributed by atoms with Crippen LogP contribution in [-0.2, 0) is 14.3 Å². The topological polar surface area (TPSA) is 35.5 Å². The summed E-state index contributed by atoms with van der Waals surface area (Å²) in [4.78, 5) is 10.7. The molecule has 3 nitrogen and oxygen atoms in total. The van der Waals surface area contributed by atoms with Crippen LogP contribution in [0.25, 0.3) is 0 Å². The minimum Gasteiger partial charge on any atom is -0.487 e. The van der Waals surface area contributed by atoms with Gasteiger partial charge < -0.3 is 9.47 Å². The molecule has 0 saturated carbocycles. The van der Waals surface area contributed by atoms with Crippen LogP contribution >= 0.6 is 0 Å². The second-order valence-corrected chi connectivity index (χ2v) is 2.05. The third-order valence-corrected chi connectivity index (χ3v) is 1.27. The van der Waals surface area contributed by atoms with Crippen molar-refractivity contribution in [3.8, 4) is 0 Å². The first-order chi connectivity index (χ1) is 4.84. The van der Waals surface area contributed by atoms with Crippen molar-refractivity contribution in [1.82, 2.24) is 0 Å². The molecular weight excluding hydrogens is 132 g/mol. The molecule has 0 aliphatic carbocycles. The molecule has 1 rings (SSSR count). The Bertz CT molecular complexity index is 151. The number of allylic oxidation sites excluding steroid dienone is 1. The van der Waals surface area contributed by atoms with E-state index in [1.54, 1.807) is 6.08 Å². The van der Waals surface area contributed by atoms with Crippen molar-refractivity contribution in [2.75, 3.05) is 6.61 Å².